The molecule has 2 amide bonds. The average molecular weight is 481 g/mol. The lowest BCUT2D eigenvalue weighted by Gasteiger charge is -2.31. The maximum atomic E-state index is 12.8. The zero-order chi connectivity index (χ0) is 21.0. The van der Waals surface area contributed by atoms with Crippen molar-refractivity contribution in [2.45, 2.75) is 12.8 Å². The van der Waals surface area contributed by atoms with Gasteiger partial charge in [0.2, 0.25) is 15.9 Å². The van der Waals surface area contributed by atoms with Crippen LogP contribution in [0.5, 0.6) is 0 Å². The number of carbonyl (C=O) groups is 2. The Morgan fingerprint density at radius 1 is 1.17 bits per heavy atom. The van der Waals surface area contributed by atoms with Crippen LogP contribution >= 0.6 is 15.9 Å². The van der Waals surface area contributed by atoms with E-state index in [4.69, 9.17) is 0 Å². The summed E-state index contributed by atoms with van der Waals surface area (Å²) < 4.78 is 26.0. The smallest absolute Gasteiger partial charge is 0.253 e. The number of nitrogens with one attached hydrogen (secondary N) is 2. The number of nitrogens with zero attached hydrogens (tertiary/aromatic N) is 2. The van der Waals surface area contributed by atoms with Crippen molar-refractivity contribution in [3.8, 4) is 0 Å². The van der Waals surface area contributed by atoms with Crippen LogP contribution in [0.15, 0.2) is 47.1 Å². The molecule has 0 bridgehead atoms. The van der Waals surface area contributed by atoms with Gasteiger partial charge >= 0.3 is 0 Å². The Morgan fingerprint density at radius 3 is 2.52 bits per heavy atom. The molecule has 10 heteroatoms. The van der Waals surface area contributed by atoms with Gasteiger partial charge in [-0.25, -0.2) is 13.4 Å². The van der Waals surface area contributed by atoms with Gasteiger partial charge in [0.15, 0.2) is 0 Å². The third-order valence-corrected chi connectivity index (χ3v) is 5.62. The Labute approximate surface area is 177 Å². The number of hydrogen-bond acceptors (Lipinski definition) is 5. The van der Waals surface area contributed by atoms with E-state index in [1.807, 2.05) is 0 Å². The van der Waals surface area contributed by atoms with Crippen LogP contribution in [0, 0.1) is 5.92 Å². The minimum Gasteiger partial charge on any atom is -0.339 e. The number of amides is 2. The molecular formula is C19H21BrN4O4S. The van der Waals surface area contributed by atoms with Crippen molar-refractivity contribution in [2.24, 2.45) is 5.92 Å². The molecule has 1 fully saturated rings. The number of pyridine rings is 1. The summed E-state index contributed by atoms with van der Waals surface area (Å²) in [6.45, 7) is 0.906. The Morgan fingerprint density at radius 2 is 1.90 bits per heavy atom. The highest BCUT2D eigenvalue weighted by atomic mass is 79.9. The fraction of sp³-hybridized carbons (Fsp3) is 0.316. The van der Waals surface area contributed by atoms with E-state index in [1.54, 1.807) is 41.4 Å². The quantitative estimate of drug-likeness (QED) is 0.683. The van der Waals surface area contributed by atoms with E-state index in [0.717, 1.165) is 10.7 Å². The first-order valence-corrected chi connectivity index (χ1v) is 11.7. The van der Waals surface area contributed by atoms with Crippen molar-refractivity contribution < 1.29 is 18.0 Å². The molecule has 154 valence electrons. The summed E-state index contributed by atoms with van der Waals surface area (Å²) in [5.41, 5.74) is 0.746. The zero-order valence-electron chi connectivity index (χ0n) is 15.8. The first kappa shape index (κ1) is 21.3. The lowest BCUT2D eigenvalue weighted by Crippen LogP contribution is -2.41. The van der Waals surface area contributed by atoms with Crippen LogP contribution < -0.4 is 10.0 Å². The summed E-state index contributed by atoms with van der Waals surface area (Å²) in [4.78, 5) is 31.0. The third kappa shape index (κ3) is 6.01. The second kappa shape index (κ2) is 8.91. The van der Waals surface area contributed by atoms with Gasteiger partial charge < -0.3 is 10.2 Å². The van der Waals surface area contributed by atoms with Gasteiger partial charge in [-0.3, -0.25) is 14.3 Å². The zero-order valence-corrected chi connectivity index (χ0v) is 18.2. The maximum Gasteiger partial charge on any atom is 0.253 e. The molecule has 1 aliphatic rings. The van der Waals surface area contributed by atoms with Crippen LogP contribution in [-0.2, 0) is 14.8 Å². The Hall–Kier alpha value is -2.46. The van der Waals surface area contributed by atoms with Gasteiger partial charge in [0, 0.05) is 40.9 Å². The van der Waals surface area contributed by atoms with Gasteiger partial charge in [-0.15, -0.1) is 0 Å². The number of benzene rings is 1. The van der Waals surface area contributed by atoms with Crippen molar-refractivity contribution in [1.82, 2.24) is 9.88 Å². The topological polar surface area (TPSA) is 108 Å². The van der Waals surface area contributed by atoms with E-state index in [2.05, 4.69) is 31.0 Å². The maximum absolute atomic E-state index is 12.8. The molecule has 3 rings (SSSR count). The molecule has 0 spiro atoms. The number of rotatable bonds is 5. The van der Waals surface area contributed by atoms with Gasteiger partial charge in [-0.2, -0.15) is 0 Å². The minimum absolute atomic E-state index is 0.105. The minimum atomic E-state index is -3.42. The number of halogens is 1. The third-order valence-electron chi connectivity index (χ3n) is 4.54. The predicted octanol–water partition coefficient (Wildman–Crippen LogP) is 2.71. The normalized spacial score (nSPS) is 15.0. The molecule has 2 heterocycles. The van der Waals surface area contributed by atoms with Gasteiger partial charge in [0.1, 0.15) is 5.82 Å². The predicted molar refractivity (Wildman–Crippen MR) is 114 cm³/mol. The van der Waals surface area contributed by atoms with E-state index >= 15 is 0 Å². The van der Waals surface area contributed by atoms with Crippen LogP contribution in [0.25, 0.3) is 0 Å². The molecule has 1 aliphatic heterocycles. The number of anilines is 2. The van der Waals surface area contributed by atoms with E-state index in [-0.39, 0.29) is 17.7 Å². The molecule has 0 atom stereocenters. The van der Waals surface area contributed by atoms with Crippen molar-refractivity contribution in [3.05, 3.63) is 52.6 Å². The molecule has 2 aromatic rings. The SMILES string of the molecule is CS(=O)(=O)Nc1cccc(C(=O)N2CCC(C(=O)Nc3ccc(Br)cn3)CC2)c1. The molecule has 1 aromatic heterocycles. The van der Waals surface area contributed by atoms with Crippen LogP contribution in [0.4, 0.5) is 11.5 Å². The Kier molecular flexibility index (Phi) is 6.53. The van der Waals surface area contributed by atoms with E-state index in [1.165, 1.54) is 6.07 Å². The molecule has 0 aliphatic carbocycles. The van der Waals surface area contributed by atoms with Crippen molar-refractivity contribution in [2.75, 3.05) is 29.4 Å². The Bertz CT molecular complexity index is 1000. The Balaban J connectivity index is 1.57. The van der Waals surface area contributed by atoms with Crippen LogP contribution in [0.3, 0.4) is 0 Å². The number of sulfonamides is 1. The highest BCUT2D eigenvalue weighted by molar-refractivity contribution is 9.10. The number of aromatic nitrogens is 1. The summed E-state index contributed by atoms with van der Waals surface area (Å²) in [6.07, 6.45) is 3.77. The lowest BCUT2D eigenvalue weighted by atomic mass is 9.95. The number of likely N-dealkylation sites (tertiary alicyclic amines) is 1. The van der Waals surface area contributed by atoms with E-state index in [0.29, 0.717) is 43.0 Å². The molecule has 29 heavy (non-hydrogen) atoms. The van der Waals surface area contributed by atoms with Gasteiger partial charge in [0.05, 0.1) is 6.26 Å². The average Bonchev–Trinajstić information content (AvgIpc) is 2.68. The lowest BCUT2D eigenvalue weighted by molar-refractivity contribution is -0.121. The van der Waals surface area contributed by atoms with Crippen LogP contribution in [0.1, 0.15) is 23.2 Å². The highest BCUT2D eigenvalue weighted by Gasteiger charge is 2.28. The highest BCUT2D eigenvalue weighted by Crippen LogP contribution is 2.22. The van der Waals surface area contributed by atoms with Gasteiger partial charge in [0.25, 0.3) is 5.91 Å². The molecule has 2 N–H and O–H groups in total. The second-order valence-electron chi connectivity index (χ2n) is 6.87. The molecule has 8 nitrogen and oxygen atoms in total. The fourth-order valence-electron chi connectivity index (χ4n) is 3.14. The molecule has 0 unspecified atom stereocenters. The monoisotopic (exact) mass is 480 g/mol. The van der Waals surface area contributed by atoms with Crippen molar-refractivity contribution >= 4 is 49.3 Å². The van der Waals surface area contributed by atoms with E-state index in [9.17, 15) is 18.0 Å². The second-order valence-corrected chi connectivity index (χ2v) is 9.54. The first-order valence-electron chi connectivity index (χ1n) is 9.01. The summed E-state index contributed by atoms with van der Waals surface area (Å²) in [7, 11) is -3.42. The first-order chi connectivity index (χ1) is 13.7. The van der Waals surface area contributed by atoms with E-state index < -0.39 is 10.0 Å². The molecular weight excluding hydrogens is 460 g/mol. The summed E-state index contributed by atoms with van der Waals surface area (Å²) >= 11 is 3.30. The summed E-state index contributed by atoms with van der Waals surface area (Å²) in [5, 5.41) is 2.80. The number of carbonyl (C=O) groups excluding carboxylic acids is 2. The van der Waals surface area contributed by atoms with Crippen molar-refractivity contribution in [1.29, 1.82) is 0 Å². The fourth-order valence-corrected chi connectivity index (χ4v) is 3.92. The molecule has 0 saturated carbocycles. The molecule has 0 radical (unpaired) electrons. The molecule has 1 saturated heterocycles. The largest absolute Gasteiger partial charge is 0.339 e. The molecule has 1 aromatic carbocycles. The van der Waals surface area contributed by atoms with Crippen LogP contribution in [0.2, 0.25) is 0 Å². The van der Waals surface area contributed by atoms with Gasteiger partial charge in [-0.05, 0) is 59.1 Å². The van der Waals surface area contributed by atoms with Gasteiger partial charge in [-0.1, -0.05) is 6.07 Å². The summed E-state index contributed by atoms with van der Waals surface area (Å²) in [5.74, 6) is 0.0106. The number of hydrogen-bond donors (Lipinski definition) is 2. The summed E-state index contributed by atoms with van der Waals surface area (Å²) in [6, 6.07) is 9.90. The standard InChI is InChI=1S/C19H21BrN4O4S/c1-29(27,28)23-16-4-2-3-14(11-16)19(26)24-9-7-13(8-10-24)18(25)22-17-6-5-15(20)12-21-17/h2-6,11-13,23H,7-10H2,1H3,(H,21,22,25). The number of piperidine rings is 1. The van der Waals surface area contributed by atoms with Crippen molar-refractivity contribution in [3.63, 3.8) is 0 Å². The van der Waals surface area contributed by atoms with Crippen LogP contribution in [-0.4, -0.2) is 49.5 Å².